The van der Waals surface area contributed by atoms with Crippen LogP contribution in [0.25, 0.3) is 0 Å². The summed E-state index contributed by atoms with van der Waals surface area (Å²) in [6.45, 7) is 4.65. The normalized spacial score (nSPS) is 10.7. The molecule has 0 bridgehead atoms. The van der Waals surface area contributed by atoms with Crippen molar-refractivity contribution in [2.75, 3.05) is 6.54 Å². The van der Waals surface area contributed by atoms with Crippen LogP contribution in [-0.2, 0) is 4.79 Å². The quantitative estimate of drug-likeness (QED) is 0.719. The Kier molecular flexibility index (Phi) is 6.49. The molecule has 1 aromatic heterocycles. The van der Waals surface area contributed by atoms with E-state index in [1.54, 1.807) is 5.38 Å². The minimum Gasteiger partial charge on any atom is -0.481 e. The van der Waals surface area contributed by atoms with Gasteiger partial charge in [-0.15, -0.1) is 11.3 Å². The summed E-state index contributed by atoms with van der Waals surface area (Å²) in [6.07, 6.45) is 2.44. The summed E-state index contributed by atoms with van der Waals surface area (Å²) < 4.78 is 0. The molecule has 0 saturated carbocycles. The number of hydrogen-bond acceptors (Lipinski definition) is 4. The third kappa shape index (κ3) is 5.83. The molecule has 1 rings (SSSR count). The van der Waals surface area contributed by atoms with Crippen LogP contribution in [0.2, 0.25) is 0 Å². The number of nitrogens with one attached hydrogen (secondary N) is 1. The zero-order valence-electron chi connectivity index (χ0n) is 11.3. The van der Waals surface area contributed by atoms with E-state index < -0.39 is 5.97 Å². The van der Waals surface area contributed by atoms with Gasteiger partial charge in [-0.3, -0.25) is 9.59 Å². The van der Waals surface area contributed by atoms with Crippen LogP contribution in [-0.4, -0.2) is 28.5 Å². The van der Waals surface area contributed by atoms with Crippen LogP contribution in [0.1, 0.15) is 60.9 Å². The molecule has 1 aromatic rings. The maximum Gasteiger partial charge on any atom is 0.303 e. The first-order chi connectivity index (χ1) is 9.00. The van der Waals surface area contributed by atoms with Gasteiger partial charge in [0.1, 0.15) is 5.69 Å². The molecule has 1 amide bonds. The van der Waals surface area contributed by atoms with Crippen LogP contribution in [0, 0.1) is 0 Å². The largest absolute Gasteiger partial charge is 0.481 e. The van der Waals surface area contributed by atoms with Gasteiger partial charge in [0.05, 0.1) is 5.01 Å². The van der Waals surface area contributed by atoms with Crippen molar-refractivity contribution in [3.63, 3.8) is 0 Å². The minimum absolute atomic E-state index is 0.151. The summed E-state index contributed by atoms with van der Waals surface area (Å²) >= 11 is 1.50. The van der Waals surface area contributed by atoms with E-state index in [9.17, 15) is 9.59 Å². The molecular formula is C13H20N2O3S. The molecule has 0 spiro atoms. The summed E-state index contributed by atoms with van der Waals surface area (Å²) in [7, 11) is 0. The van der Waals surface area contributed by atoms with Crippen molar-refractivity contribution in [1.29, 1.82) is 0 Å². The summed E-state index contributed by atoms with van der Waals surface area (Å²) in [4.78, 5) is 26.3. The zero-order valence-corrected chi connectivity index (χ0v) is 12.1. The highest BCUT2D eigenvalue weighted by Gasteiger charge is 2.11. The number of aliphatic carboxylic acids is 1. The number of carboxylic acid groups (broad SMARTS) is 1. The fourth-order valence-corrected chi connectivity index (χ4v) is 2.34. The maximum absolute atomic E-state index is 11.8. The van der Waals surface area contributed by atoms with Gasteiger partial charge in [-0.2, -0.15) is 0 Å². The second-order valence-electron chi connectivity index (χ2n) is 4.69. The molecule has 19 heavy (non-hydrogen) atoms. The molecule has 106 valence electrons. The van der Waals surface area contributed by atoms with Crippen LogP contribution in [0.3, 0.4) is 0 Å². The van der Waals surface area contributed by atoms with Crippen molar-refractivity contribution in [1.82, 2.24) is 10.3 Å². The number of nitrogens with zero attached hydrogens (tertiary/aromatic N) is 1. The highest BCUT2D eigenvalue weighted by atomic mass is 32.1. The van der Waals surface area contributed by atoms with Gasteiger partial charge in [0, 0.05) is 24.3 Å². The van der Waals surface area contributed by atoms with Crippen molar-refractivity contribution >= 4 is 23.2 Å². The van der Waals surface area contributed by atoms with Crippen LogP contribution < -0.4 is 5.32 Å². The summed E-state index contributed by atoms with van der Waals surface area (Å²) in [5.41, 5.74) is 0.472. The molecular weight excluding hydrogens is 264 g/mol. The van der Waals surface area contributed by atoms with Crippen molar-refractivity contribution in [2.45, 2.75) is 45.4 Å². The van der Waals surface area contributed by atoms with Gasteiger partial charge in [0.2, 0.25) is 0 Å². The summed E-state index contributed by atoms with van der Waals surface area (Å²) in [6, 6.07) is 0. The van der Waals surface area contributed by atoms with Crippen molar-refractivity contribution in [3.05, 3.63) is 16.1 Å². The van der Waals surface area contributed by atoms with E-state index in [0.717, 1.165) is 17.8 Å². The summed E-state index contributed by atoms with van der Waals surface area (Å²) in [5.74, 6) is -0.586. The number of aromatic nitrogens is 1. The smallest absolute Gasteiger partial charge is 0.303 e. The van der Waals surface area contributed by atoms with E-state index in [2.05, 4.69) is 10.3 Å². The third-order valence-corrected chi connectivity index (χ3v) is 3.75. The van der Waals surface area contributed by atoms with Gasteiger partial charge in [0.25, 0.3) is 5.91 Å². The molecule has 0 fully saturated rings. The average Bonchev–Trinajstić information content (AvgIpc) is 2.82. The van der Waals surface area contributed by atoms with Gasteiger partial charge in [-0.1, -0.05) is 20.3 Å². The van der Waals surface area contributed by atoms with Gasteiger partial charge in [-0.05, 0) is 12.8 Å². The minimum atomic E-state index is -0.771. The lowest BCUT2D eigenvalue weighted by atomic mass is 10.2. The van der Waals surface area contributed by atoms with Crippen molar-refractivity contribution in [2.24, 2.45) is 0 Å². The molecule has 0 aliphatic carbocycles. The number of unbranched alkanes of at least 4 members (excludes halogenated alkanes) is 2. The van der Waals surface area contributed by atoms with Crippen LogP contribution in [0.5, 0.6) is 0 Å². The molecule has 0 aromatic carbocycles. The lowest BCUT2D eigenvalue weighted by Gasteiger charge is -2.02. The highest BCUT2D eigenvalue weighted by molar-refractivity contribution is 7.09. The van der Waals surface area contributed by atoms with Gasteiger partial charge < -0.3 is 10.4 Å². The number of rotatable bonds is 8. The van der Waals surface area contributed by atoms with Crippen LogP contribution >= 0.6 is 11.3 Å². The van der Waals surface area contributed by atoms with Crippen molar-refractivity contribution in [3.8, 4) is 0 Å². The molecule has 5 nitrogen and oxygen atoms in total. The van der Waals surface area contributed by atoms with E-state index in [1.807, 2.05) is 13.8 Å². The molecule has 1 heterocycles. The lowest BCUT2D eigenvalue weighted by molar-refractivity contribution is -0.137. The Morgan fingerprint density at radius 3 is 2.68 bits per heavy atom. The molecule has 0 atom stereocenters. The van der Waals surface area contributed by atoms with Gasteiger partial charge in [0.15, 0.2) is 0 Å². The predicted molar refractivity (Wildman–Crippen MR) is 74.6 cm³/mol. The van der Waals surface area contributed by atoms with E-state index in [0.29, 0.717) is 24.6 Å². The highest BCUT2D eigenvalue weighted by Crippen LogP contribution is 2.18. The first kappa shape index (κ1) is 15.6. The fraction of sp³-hybridized carbons (Fsp3) is 0.615. The monoisotopic (exact) mass is 284 g/mol. The Balaban J connectivity index is 2.22. The first-order valence-electron chi connectivity index (χ1n) is 6.46. The lowest BCUT2D eigenvalue weighted by Crippen LogP contribution is -2.24. The molecule has 0 radical (unpaired) electrons. The number of thiazole rings is 1. The molecule has 0 aliphatic heterocycles. The number of amides is 1. The molecule has 0 unspecified atom stereocenters. The van der Waals surface area contributed by atoms with Gasteiger partial charge >= 0.3 is 5.97 Å². The van der Waals surface area contributed by atoms with Crippen molar-refractivity contribution < 1.29 is 14.7 Å². The standard InChI is InChI=1S/C13H20N2O3S/c1-9(2)13-15-10(8-19-13)12(18)14-7-5-3-4-6-11(16)17/h8-9H,3-7H2,1-2H3,(H,14,18)(H,16,17). The van der Waals surface area contributed by atoms with Crippen LogP contribution in [0.15, 0.2) is 5.38 Å². The predicted octanol–water partition coefficient (Wildman–Crippen LogP) is 2.64. The SMILES string of the molecule is CC(C)c1nc(C(=O)NCCCCCC(=O)O)cs1. The zero-order chi connectivity index (χ0) is 14.3. The number of carbonyl (C=O) groups excluding carboxylic acids is 1. The van der Waals surface area contributed by atoms with E-state index in [1.165, 1.54) is 11.3 Å². The number of carboxylic acids is 1. The molecule has 0 saturated heterocycles. The molecule has 2 N–H and O–H groups in total. The number of carbonyl (C=O) groups is 2. The Bertz CT molecular complexity index is 429. The summed E-state index contributed by atoms with van der Waals surface area (Å²) in [5, 5.41) is 14.0. The maximum atomic E-state index is 11.8. The second-order valence-corrected chi connectivity index (χ2v) is 5.58. The Morgan fingerprint density at radius 2 is 2.11 bits per heavy atom. The fourth-order valence-electron chi connectivity index (χ4n) is 1.53. The Hall–Kier alpha value is -1.43. The molecule has 0 aliphatic rings. The van der Waals surface area contributed by atoms with Gasteiger partial charge in [-0.25, -0.2) is 4.98 Å². The number of hydrogen-bond donors (Lipinski definition) is 2. The van der Waals surface area contributed by atoms with E-state index in [4.69, 9.17) is 5.11 Å². The molecule has 6 heteroatoms. The topological polar surface area (TPSA) is 79.3 Å². The van der Waals surface area contributed by atoms with E-state index >= 15 is 0 Å². The third-order valence-electron chi connectivity index (χ3n) is 2.60. The average molecular weight is 284 g/mol. The first-order valence-corrected chi connectivity index (χ1v) is 7.34. The van der Waals surface area contributed by atoms with Crippen LogP contribution in [0.4, 0.5) is 0 Å². The second kappa shape index (κ2) is 7.89. The van der Waals surface area contributed by atoms with E-state index in [-0.39, 0.29) is 12.3 Å². The Morgan fingerprint density at radius 1 is 1.37 bits per heavy atom. The Labute approximate surface area is 117 Å².